The minimum atomic E-state index is -0.769. The van der Waals surface area contributed by atoms with Crippen LogP contribution < -0.4 is 5.32 Å². The van der Waals surface area contributed by atoms with E-state index < -0.39 is 5.97 Å². The van der Waals surface area contributed by atoms with Crippen LogP contribution in [0.2, 0.25) is 0 Å². The van der Waals surface area contributed by atoms with Crippen LogP contribution in [0.4, 0.5) is 5.69 Å². The summed E-state index contributed by atoms with van der Waals surface area (Å²) in [5.74, 6) is 1.17. The molecule has 0 heterocycles. The summed E-state index contributed by atoms with van der Waals surface area (Å²) in [4.78, 5) is 23.7. The lowest BCUT2D eigenvalue weighted by Gasteiger charge is -2.10. The third kappa shape index (κ3) is 11.2. The molecule has 0 aliphatic carbocycles. The molecule has 0 radical (unpaired) electrons. The highest BCUT2D eigenvalue weighted by Gasteiger charge is 2.07. The van der Waals surface area contributed by atoms with E-state index in [1.54, 1.807) is 11.8 Å². The summed E-state index contributed by atoms with van der Waals surface area (Å²) >= 11 is 3.55. The number of carbonyl (C=O) groups excluding carboxylic acids is 1. The van der Waals surface area contributed by atoms with Crippen molar-refractivity contribution >= 4 is 41.1 Å². The Morgan fingerprint density at radius 2 is 1.80 bits per heavy atom. The molecule has 0 saturated carbocycles. The predicted molar refractivity (Wildman–Crippen MR) is 109 cm³/mol. The highest BCUT2D eigenvalue weighted by atomic mass is 32.2. The summed E-state index contributed by atoms with van der Waals surface area (Å²) in [6, 6.07) is 7.70. The van der Waals surface area contributed by atoms with Gasteiger partial charge in [0.1, 0.15) is 0 Å². The minimum Gasteiger partial charge on any atom is -0.481 e. The Morgan fingerprint density at radius 1 is 1.04 bits per heavy atom. The number of carboxylic acid groups (broad SMARTS) is 1. The fraction of sp³-hybridized carbons (Fsp3) is 0.579. The van der Waals surface area contributed by atoms with Crippen molar-refractivity contribution in [3.63, 3.8) is 0 Å². The molecule has 2 N–H and O–H groups in total. The highest BCUT2D eigenvalue weighted by molar-refractivity contribution is 7.99. The Bertz CT molecular complexity index is 535. The summed E-state index contributed by atoms with van der Waals surface area (Å²) < 4.78 is 0. The Labute approximate surface area is 159 Å². The van der Waals surface area contributed by atoms with Gasteiger partial charge in [-0.1, -0.05) is 32.4 Å². The van der Waals surface area contributed by atoms with Crippen LogP contribution in [0.3, 0.4) is 0 Å². The molecule has 0 fully saturated rings. The number of amides is 1. The number of rotatable bonds is 13. The zero-order valence-corrected chi connectivity index (χ0v) is 16.8. The molecule has 4 nitrogen and oxygen atoms in total. The van der Waals surface area contributed by atoms with E-state index in [2.05, 4.69) is 19.2 Å². The van der Waals surface area contributed by atoms with E-state index >= 15 is 0 Å². The number of anilines is 1. The van der Waals surface area contributed by atoms with Gasteiger partial charge in [-0.05, 0) is 48.2 Å². The Hall–Kier alpha value is -1.14. The Kier molecular flexibility index (Phi) is 11.5. The highest BCUT2D eigenvalue weighted by Crippen LogP contribution is 2.28. The number of benzene rings is 1. The smallest absolute Gasteiger partial charge is 0.303 e. The van der Waals surface area contributed by atoms with Crippen LogP contribution in [0.15, 0.2) is 29.2 Å². The molecule has 25 heavy (non-hydrogen) atoms. The van der Waals surface area contributed by atoms with E-state index in [0.29, 0.717) is 18.1 Å². The average Bonchev–Trinajstić information content (AvgIpc) is 2.55. The van der Waals surface area contributed by atoms with Crippen LogP contribution in [0.1, 0.15) is 52.4 Å². The fourth-order valence-electron chi connectivity index (χ4n) is 2.20. The van der Waals surface area contributed by atoms with Gasteiger partial charge in [0.05, 0.1) is 5.69 Å². The Morgan fingerprint density at radius 3 is 2.52 bits per heavy atom. The van der Waals surface area contributed by atoms with Crippen molar-refractivity contribution in [3.8, 4) is 0 Å². The number of carbonyl (C=O) groups is 2. The van der Waals surface area contributed by atoms with Gasteiger partial charge in [-0.25, -0.2) is 0 Å². The van der Waals surface area contributed by atoms with Crippen molar-refractivity contribution in [1.29, 1.82) is 0 Å². The normalized spacial score (nSPS) is 10.8. The maximum absolute atomic E-state index is 12.1. The first kappa shape index (κ1) is 21.9. The van der Waals surface area contributed by atoms with Crippen LogP contribution in [0.25, 0.3) is 0 Å². The van der Waals surface area contributed by atoms with E-state index in [9.17, 15) is 9.59 Å². The van der Waals surface area contributed by atoms with Gasteiger partial charge in [-0.15, -0.1) is 11.8 Å². The second-order valence-electron chi connectivity index (χ2n) is 6.12. The predicted octanol–water partition coefficient (Wildman–Crippen LogP) is 5.28. The number of para-hydroxylation sites is 1. The molecule has 0 saturated heterocycles. The topological polar surface area (TPSA) is 66.4 Å². The van der Waals surface area contributed by atoms with E-state index in [1.165, 1.54) is 0 Å². The summed E-state index contributed by atoms with van der Waals surface area (Å²) in [6.45, 7) is 4.41. The lowest BCUT2D eigenvalue weighted by molar-refractivity contribution is -0.137. The second-order valence-corrected chi connectivity index (χ2v) is 8.94. The minimum absolute atomic E-state index is 0.0510. The summed E-state index contributed by atoms with van der Waals surface area (Å²) in [7, 11) is 0. The van der Waals surface area contributed by atoms with E-state index in [-0.39, 0.29) is 12.3 Å². The molecule has 1 aromatic rings. The fourth-order valence-corrected chi connectivity index (χ4v) is 4.00. The largest absolute Gasteiger partial charge is 0.481 e. The van der Waals surface area contributed by atoms with Gasteiger partial charge in [0.25, 0.3) is 0 Å². The monoisotopic (exact) mass is 383 g/mol. The number of hydrogen-bond donors (Lipinski definition) is 2. The molecule has 0 unspecified atom stereocenters. The van der Waals surface area contributed by atoms with E-state index in [0.717, 1.165) is 41.4 Å². The molecule has 140 valence electrons. The molecule has 1 rings (SSSR count). The molecule has 0 aliphatic heterocycles. The molecular formula is C19H29NO3S2. The molecule has 0 bridgehead atoms. The molecule has 1 aromatic carbocycles. The lowest BCUT2D eigenvalue weighted by atomic mass is 10.2. The van der Waals surface area contributed by atoms with Gasteiger partial charge in [0, 0.05) is 17.7 Å². The number of hydrogen-bond acceptors (Lipinski definition) is 4. The molecular weight excluding hydrogens is 354 g/mol. The molecule has 0 aliphatic rings. The number of carboxylic acids is 1. The number of thioether (sulfide) groups is 2. The van der Waals surface area contributed by atoms with Crippen LogP contribution in [0.5, 0.6) is 0 Å². The summed E-state index contributed by atoms with van der Waals surface area (Å²) in [6.07, 6.45) is 4.50. The van der Waals surface area contributed by atoms with Crippen molar-refractivity contribution in [2.24, 2.45) is 0 Å². The molecule has 0 atom stereocenters. The van der Waals surface area contributed by atoms with Crippen LogP contribution >= 0.6 is 23.5 Å². The van der Waals surface area contributed by atoms with Gasteiger partial charge >= 0.3 is 5.97 Å². The van der Waals surface area contributed by atoms with E-state index in [1.807, 2.05) is 36.0 Å². The maximum atomic E-state index is 12.1. The standard InChI is InChI=1S/C19H29NO3S2/c1-15(2)24-13-7-3-4-11-18(21)20-16-9-5-6-10-17(16)25-14-8-12-19(22)23/h5-6,9-10,15H,3-4,7-8,11-14H2,1-2H3,(H,20,21)(H,22,23). The van der Waals surface area contributed by atoms with Gasteiger partial charge in [-0.3, -0.25) is 9.59 Å². The van der Waals surface area contributed by atoms with Gasteiger partial charge in [-0.2, -0.15) is 11.8 Å². The summed E-state index contributed by atoms with van der Waals surface area (Å²) in [5.41, 5.74) is 0.822. The SMILES string of the molecule is CC(C)SCCCCCC(=O)Nc1ccccc1SCCCC(=O)O. The van der Waals surface area contributed by atoms with Crippen molar-refractivity contribution in [3.05, 3.63) is 24.3 Å². The van der Waals surface area contributed by atoms with Crippen molar-refractivity contribution in [2.75, 3.05) is 16.8 Å². The number of nitrogens with one attached hydrogen (secondary N) is 1. The van der Waals surface area contributed by atoms with E-state index in [4.69, 9.17) is 5.11 Å². The first-order valence-electron chi connectivity index (χ1n) is 8.84. The lowest BCUT2D eigenvalue weighted by Crippen LogP contribution is -2.11. The first-order valence-corrected chi connectivity index (χ1v) is 10.9. The van der Waals surface area contributed by atoms with Gasteiger partial charge in [0.2, 0.25) is 5.91 Å². The first-order chi connectivity index (χ1) is 12.0. The number of unbranched alkanes of at least 4 members (excludes halogenated alkanes) is 2. The second kappa shape index (κ2) is 13.1. The van der Waals surface area contributed by atoms with Crippen LogP contribution in [-0.2, 0) is 9.59 Å². The van der Waals surface area contributed by atoms with Gasteiger partial charge < -0.3 is 10.4 Å². The molecule has 1 amide bonds. The van der Waals surface area contributed by atoms with Crippen molar-refractivity contribution in [1.82, 2.24) is 0 Å². The van der Waals surface area contributed by atoms with Crippen LogP contribution in [0, 0.1) is 0 Å². The van der Waals surface area contributed by atoms with Crippen molar-refractivity contribution < 1.29 is 14.7 Å². The van der Waals surface area contributed by atoms with Gasteiger partial charge in [0.15, 0.2) is 0 Å². The quantitative estimate of drug-likeness (QED) is 0.358. The maximum Gasteiger partial charge on any atom is 0.303 e. The van der Waals surface area contributed by atoms with Crippen LogP contribution in [-0.4, -0.2) is 33.7 Å². The number of aliphatic carboxylic acids is 1. The third-order valence-electron chi connectivity index (χ3n) is 3.45. The third-order valence-corrected chi connectivity index (χ3v) is 5.80. The molecule has 6 heteroatoms. The zero-order valence-electron chi connectivity index (χ0n) is 15.1. The zero-order chi connectivity index (χ0) is 18.5. The van der Waals surface area contributed by atoms with Crippen molar-refractivity contribution in [2.45, 2.75) is 62.5 Å². The summed E-state index contributed by atoms with van der Waals surface area (Å²) in [5, 5.41) is 12.3. The Balaban J connectivity index is 2.30. The molecule has 0 spiro atoms. The molecule has 0 aromatic heterocycles. The average molecular weight is 384 g/mol.